The molecule has 0 spiro atoms. The highest BCUT2D eigenvalue weighted by molar-refractivity contribution is 7.99. The largest absolute Gasteiger partial charge is 0.367 e. The molecule has 2 aliphatic rings. The Morgan fingerprint density at radius 1 is 1.15 bits per heavy atom. The maximum Gasteiger partial charge on any atom is 0.252 e. The molecule has 2 aliphatic heterocycles. The summed E-state index contributed by atoms with van der Waals surface area (Å²) in [6.45, 7) is 1.28. The summed E-state index contributed by atoms with van der Waals surface area (Å²) in [5.41, 5.74) is 3.32. The Hall–Kier alpha value is -1.85. The lowest BCUT2D eigenvalue weighted by atomic mass is 9.87. The van der Waals surface area contributed by atoms with E-state index in [1.165, 1.54) is 17.7 Å². The molecule has 4 rings (SSSR count). The van der Waals surface area contributed by atoms with Crippen molar-refractivity contribution in [2.75, 3.05) is 19.4 Å². The van der Waals surface area contributed by atoms with Crippen LogP contribution in [0.1, 0.15) is 35.6 Å². The molecule has 1 amide bonds. The van der Waals surface area contributed by atoms with Gasteiger partial charge < -0.3 is 9.64 Å². The lowest BCUT2D eigenvalue weighted by Crippen LogP contribution is -2.48. The van der Waals surface area contributed by atoms with Gasteiger partial charge in [0.2, 0.25) is 0 Å². The second kappa shape index (κ2) is 8.03. The minimum absolute atomic E-state index is 0.0541. The second-order valence-electron chi connectivity index (χ2n) is 7.19. The van der Waals surface area contributed by atoms with Crippen LogP contribution in [0, 0.1) is 5.82 Å². The smallest absolute Gasteiger partial charge is 0.252 e. The highest BCUT2D eigenvalue weighted by atomic mass is 32.2. The van der Waals surface area contributed by atoms with Gasteiger partial charge >= 0.3 is 0 Å². The maximum atomic E-state index is 13.5. The molecule has 2 aromatic rings. The number of halogens is 1. The Labute approximate surface area is 163 Å². The first kappa shape index (κ1) is 18.5. The van der Waals surface area contributed by atoms with Crippen LogP contribution in [0.5, 0.6) is 0 Å². The SMILES string of the molecule is CSC1CC[C@H](C(=O)N2CCc3ccccc3[C@@H]2c2ccc(F)cc2)OC1. The van der Waals surface area contributed by atoms with Crippen molar-refractivity contribution in [1.82, 2.24) is 4.90 Å². The molecule has 0 radical (unpaired) electrons. The van der Waals surface area contributed by atoms with Crippen LogP contribution in [-0.2, 0) is 16.0 Å². The summed E-state index contributed by atoms with van der Waals surface area (Å²) in [5.74, 6) is -0.210. The standard InChI is InChI=1S/C22H24FNO2S/c1-27-18-10-11-20(26-14-18)22(25)24-13-12-15-4-2-3-5-19(15)21(24)16-6-8-17(23)9-7-16/h2-9,18,20-21H,10-14H2,1H3/t18?,20-,21+/m1/s1. The molecule has 27 heavy (non-hydrogen) atoms. The van der Waals surface area contributed by atoms with Gasteiger partial charge in [0.1, 0.15) is 11.9 Å². The summed E-state index contributed by atoms with van der Waals surface area (Å²) < 4.78 is 19.4. The number of ether oxygens (including phenoxy) is 1. The zero-order chi connectivity index (χ0) is 18.8. The molecule has 0 aromatic heterocycles. The zero-order valence-corrected chi connectivity index (χ0v) is 16.3. The first-order valence-corrected chi connectivity index (χ1v) is 10.7. The fourth-order valence-corrected chi connectivity index (χ4v) is 4.69. The normalized spacial score (nSPS) is 25.1. The first-order chi connectivity index (χ1) is 13.2. The molecule has 1 saturated heterocycles. The average molecular weight is 386 g/mol. The minimum atomic E-state index is -0.374. The van der Waals surface area contributed by atoms with Crippen molar-refractivity contribution in [2.45, 2.75) is 36.7 Å². The van der Waals surface area contributed by atoms with E-state index < -0.39 is 0 Å². The minimum Gasteiger partial charge on any atom is -0.367 e. The van der Waals surface area contributed by atoms with Gasteiger partial charge in [-0.3, -0.25) is 4.79 Å². The van der Waals surface area contributed by atoms with E-state index in [1.807, 2.05) is 17.0 Å². The highest BCUT2D eigenvalue weighted by Crippen LogP contribution is 2.36. The number of hydrogen-bond donors (Lipinski definition) is 0. The Morgan fingerprint density at radius 2 is 1.93 bits per heavy atom. The molecular weight excluding hydrogens is 361 g/mol. The molecule has 2 heterocycles. The lowest BCUT2D eigenvalue weighted by molar-refractivity contribution is -0.148. The van der Waals surface area contributed by atoms with Crippen molar-refractivity contribution in [3.63, 3.8) is 0 Å². The summed E-state index contributed by atoms with van der Waals surface area (Å²) in [5, 5.41) is 0.476. The molecule has 1 unspecified atom stereocenters. The number of nitrogens with zero attached hydrogens (tertiary/aromatic N) is 1. The van der Waals surface area contributed by atoms with Crippen LogP contribution in [0.4, 0.5) is 4.39 Å². The molecule has 0 aliphatic carbocycles. The van der Waals surface area contributed by atoms with Gasteiger partial charge in [-0.05, 0) is 54.3 Å². The third kappa shape index (κ3) is 3.76. The van der Waals surface area contributed by atoms with Gasteiger partial charge in [0.15, 0.2) is 0 Å². The molecule has 3 atom stereocenters. The Morgan fingerprint density at radius 3 is 2.63 bits per heavy atom. The second-order valence-corrected chi connectivity index (χ2v) is 8.33. The predicted octanol–water partition coefficient (Wildman–Crippen LogP) is 4.21. The number of rotatable bonds is 3. The van der Waals surface area contributed by atoms with Crippen molar-refractivity contribution >= 4 is 17.7 Å². The van der Waals surface area contributed by atoms with Gasteiger partial charge in [0, 0.05) is 11.8 Å². The molecule has 0 saturated carbocycles. The Bertz CT molecular complexity index is 802. The van der Waals surface area contributed by atoms with Gasteiger partial charge in [-0.15, -0.1) is 0 Å². The van der Waals surface area contributed by atoms with E-state index in [0.29, 0.717) is 18.4 Å². The number of carbonyl (C=O) groups is 1. The highest BCUT2D eigenvalue weighted by Gasteiger charge is 2.37. The van der Waals surface area contributed by atoms with Gasteiger partial charge in [0.25, 0.3) is 5.91 Å². The van der Waals surface area contributed by atoms with Crippen LogP contribution in [0.15, 0.2) is 48.5 Å². The first-order valence-electron chi connectivity index (χ1n) is 9.45. The number of benzene rings is 2. The summed E-state index contributed by atoms with van der Waals surface area (Å²) >= 11 is 1.80. The van der Waals surface area contributed by atoms with Crippen LogP contribution in [-0.4, -0.2) is 41.6 Å². The monoisotopic (exact) mass is 385 g/mol. The van der Waals surface area contributed by atoms with E-state index in [4.69, 9.17) is 4.74 Å². The number of hydrogen-bond acceptors (Lipinski definition) is 3. The number of amides is 1. The van der Waals surface area contributed by atoms with E-state index in [0.717, 1.165) is 30.4 Å². The molecule has 0 N–H and O–H groups in total. The molecule has 2 aromatic carbocycles. The quantitative estimate of drug-likeness (QED) is 0.793. The fraction of sp³-hybridized carbons (Fsp3) is 0.409. The van der Waals surface area contributed by atoms with Crippen molar-refractivity contribution < 1.29 is 13.9 Å². The van der Waals surface area contributed by atoms with Crippen molar-refractivity contribution in [1.29, 1.82) is 0 Å². The summed E-state index contributed by atoms with van der Waals surface area (Å²) in [7, 11) is 0. The number of fused-ring (bicyclic) bond motifs is 1. The van der Waals surface area contributed by atoms with Crippen LogP contribution in [0.3, 0.4) is 0 Å². The van der Waals surface area contributed by atoms with Crippen LogP contribution < -0.4 is 0 Å². The van der Waals surface area contributed by atoms with E-state index in [9.17, 15) is 9.18 Å². The van der Waals surface area contributed by atoms with E-state index >= 15 is 0 Å². The van der Waals surface area contributed by atoms with E-state index in [-0.39, 0.29) is 23.9 Å². The fourth-order valence-electron chi connectivity index (χ4n) is 4.10. The predicted molar refractivity (Wildman–Crippen MR) is 106 cm³/mol. The Balaban J connectivity index is 1.64. The topological polar surface area (TPSA) is 29.5 Å². The summed E-state index contributed by atoms with van der Waals surface area (Å²) in [6, 6.07) is 14.5. The zero-order valence-electron chi connectivity index (χ0n) is 15.4. The lowest BCUT2D eigenvalue weighted by Gasteiger charge is -2.40. The molecule has 3 nitrogen and oxygen atoms in total. The summed E-state index contributed by atoms with van der Waals surface area (Å²) in [6.07, 6.45) is 4.31. The van der Waals surface area contributed by atoms with Gasteiger partial charge in [0.05, 0.1) is 12.6 Å². The van der Waals surface area contributed by atoms with Gasteiger partial charge in [-0.1, -0.05) is 36.4 Å². The molecule has 142 valence electrons. The van der Waals surface area contributed by atoms with E-state index in [1.54, 1.807) is 23.9 Å². The van der Waals surface area contributed by atoms with Crippen LogP contribution in [0.25, 0.3) is 0 Å². The van der Waals surface area contributed by atoms with Crippen molar-refractivity contribution in [3.8, 4) is 0 Å². The van der Waals surface area contributed by atoms with Crippen molar-refractivity contribution in [3.05, 3.63) is 71.0 Å². The summed E-state index contributed by atoms with van der Waals surface area (Å²) in [4.78, 5) is 15.3. The van der Waals surface area contributed by atoms with Crippen molar-refractivity contribution in [2.24, 2.45) is 0 Å². The number of thioether (sulfide) groups is 1. The van der Waals surface area contributed by atoms with E-state index in [2.05, 4.69) is 18.4 Å². The third-order valence-corrected chi connectivity index (χ3v) is 6.63. The molecule has 1 fully saturated rings. The number of carbonyl (C=O) groups excluding carboxylic acids is 1. The molecule has 5 heteroatoms. The van der Waals surface area contributed by atoms with Gasteiger partial charge in [-0.2, -0.15) is 11.8 Å². The molecular formula is C22H24FNO2S. The average Bonchev–Trinajstić information content (AvgIpc) is 2.73. The third-order valence-electron chi connectivity index (χ3n) is 5.60. The van der Waals surface area contributed by atoms with Crippen LogP contribution in [0.2, 0.25) is 0 Å². The Kier molecular flexibility index (Phi) is 5.50. The van der Waals surface area contributed by atoms with Gasteiger partial charge in [-0.25, -0.2) is 4.39 Å². The molecule has 0 bridgehead atoms. The van der Waals surface area contributed by atoms with Crippen LogP contribution >= 0.6 is 11.8 Å². The maximum absolute atomic E-state index is 13.5.